The van der Waals surface area contributed by atoms with Gasteiger partial charge in [-0.15, -0.1) is 0 Å². The zero-order valence-electron chi connectivity index (χ0n) is 13.8. The van der Waals surface area contributed by atoms with E-state index in [2.05, 4.69) is 10.3 Å². The third kappa shape index (κ3) is 3.52. The van der Waals surface area contributed by atoms with Gasteiger partial charge in [-0.05, 0) is 43.4 Å². The van der Waals surface area contributed by atoms with E-state index in [0.29, 0.717) is 5.56 Å². The molecule has 3 nitrogen and oxygen atoms in total. The summed E-state index contributed by atoms with van der Waals surface area (Å²) in [5.74, 6) is -0.105. The average Bonchev–Trinajstić information content (AvgIpc) is 3.01. The van der Waals surface area contributed by atoms with Crippen LogP contribution in [0.25, 0.3) is 11.3 Å². The number of thiazole rings is 1. The zero-order valence-corrected chi connectivity index (χ0v) is 15.4. The smallest absolute Gasteiger partial charge is 0.256 e. The van der Waals surface area contributed by atoms with E-state index in [-0.39, 0.29) is 5.91 Å². The van der Waals surface area contributed by atoms with Gasteiger partial charge in [-0.3, -0.25) is 4.79 Å². The Bertz CT molecular complexity index is 872. The first-order valence-corrected chi connectivity index (χ1v) is 9.61. The summed E-state index contributed by atoms with van der Waals surface area (Å²) in [5, 5.41) is 3.82. The summed E-state index contributed by atoms with van der Waals surface area (Å²) in [4.78, 5) is 17.3. The van der Waals surface area contributed by atoms with Crippen LogP contribution in [0.5, 0.6) is 0 Å². The summed E-state index contributed by atoms with van der Waals surface area (Å²) in [7, 11) is 0. The molecule has 5 heteroatoms. The van der Waals surface area contributed by atoms with Gasteiger partial charge in [0.25, 0.3) is 5.91 Å². The summed E-state index contributed by atoms with van der Waals surface area (Å²) >= 11 is 3.09. The molecule has 0 bridgehead atoms. The van der Waals surface area contributed by atoms with E-state index >= 15 is 0 Å². The van der Waals surface area contributed by atoms with Crippen LogP contribution in [0.15, 0.2) is 52.9 Å². The average molecular weight is 355 g/mol. The number of anilines is 1. The van der Waals surface area contributed by atoms with Crippen molar-refractivity contribution in [3.63, 3.8) is 0 Å². The zero-order chi connectivity index (χ0) is 17.1. The van der Waals surface area contributed by atoms with Crippen LogP contribution in [0, 0.1) is 13.8 Å². The van der Waals surface area contributed by atoms with E-state index < -0.39 is 0 Å². The van der Waals surface area contributed by atoms with E-state index in [0.717, 1.165) is 26.2 Å². The Morgan fingerprint density at radius 1 is 1.08 bits per heavy atom. The number of benzene rings is 2. The van der Waals surface area contributed by atoms with Crippen molar-refractivity contribution in [3.8, 4) is 11.3 Å². The summed E-state index contributed by atoms with van der Waals surface area (Å²) in [6.45, 7) is 4.05. The van der Waals surface area contributed by atoms with Gasteiger partial charge in [0.2, 0.25) is 0 Å². The highest BCUT2D eigenvalue weighted by Gasteiger charge is 2.16. The first kappa shape index (κ1) is 16.7. The Morgan fingerprint density at radius 3 is 2.50 bits per heavy atom. The molecule has 2 aromatic carbocycles. The molecular formula is C19H18N2OS2. The lowest BCUT2D eigenvalue weighted by atomic mass is 10.1. The van der Waals surface area contributed by atoms with Gasteiger partial charge in [-0.2, -0.15) is 0 Å². The second-order valence-corrected chi connectivity index (χ2v) is 7.53. The third-order valence-electron chi connectivity index (χ3n) is 3.83. The van der Waals surface area contributed by atoms with Crippen molar-refractivity contribution < 1.29 is 4.79 Å². The van der Waals surface area contributed by atoms with Crippen LogP contribution in [-0.4, -0.2) is 17.1 Å². The van der Waals surface area contributed by atoms with Crippen molar-refractivity contribution >= 4 is 34.0 Å². The molecule has 24 heavy (non-hydrogen) atoms. The molecule has 3 aromatic rings. The van der Waals surface area contributed by atoms with E-state index in [1.54, 1.807) is 11.8 Å². The minimum atomic E-state index is -0.105. The fraction of sp³-hybridized carbons (Fsp3) is 0.158. The molecule has 3 rings (SSSR count). The first-order valence-electron chi connectivity index (χ1n) is 7.57. The van der Waals surface area contributed by atoms with E-state index in [4.69, 9.17) is 0 Å². The number of hydrogen-bond donors (Lipinski definition) is 1. The molecule has 1 heterocycles. The molecular weight excluding hydrogens is 336 g/mol. The molecule has 0 aliphatic heterocycles. The molecule has 1 aromatic heterocycles. The lowest BCUT2D eigenvalue weighted by Gasteiger charge is -2.07. The molecule has 0 saturated heterocycles. The van der Waals surface area contributed by atoms with Crippen LogP contribution >= 0.6 is 23.1 Å². The quantitative estimate of drug-likeness (QED) is 0.638. The van der Waals surface area contributed by atoms with Crippen molar-refractivity contribution in [2.75, 3.05) is 11.6 Å². The van der Waals surface area contributed by atoms with E-state index in [9.17, 15) is 4.79 Å². The number of carbonyl (C=O) groups excluding carboxylic acids is 1. The maximum Gasteiger partial charge on any atom is 0.256 e. The van der Waals surface area contributed by atoms with E-state index in [1.807, 2.05) is 68.6 Å². The van der Waals surface area contributed by atoms with Gasteiger partial charge in [-0.25, -0.2) is 4.98 Å². The fourth-order valence-corrected chi connectivity index (χ4v) is 3.80. The molecule has 0 unspecified atom stereocenters. The number of nitrogens with one attached hydrogen (secondary N) is 1. The number of nitrogens with zero attached hydrogens (tertiary/aromatic N) is 1. The summed E-state index contributed by atoms with van der Waals surface area (Å²) < 4.78 is 0.934. The van der Waals surface area contributed by atoms with Crippen LogP contribution in [0.3, 0.4) is 0 Å². The van der Waals surface area contributed by atoms with Gasteiger partial charge >= 0.3 is 0 Å². The third-order valence-corrected chi connectivity index (χ3v) is 5.78. The number of thioether (sulfide) groups is 1. The highest BCUT2D eigenvalue weighted by Crippen LogP contribution is 2.37. The molecule has 0 radical (unpaired) electrons. The van der Waals surface area contributed by atoms with Gasteiger partial charge in [0.1, 0.15) is 10.7 Å². The highest BCUT2D eigenvalue weighted by molar-refractivity contribution is 8.00. The Labute approximate surface area is 150 Å². The van der Waals surface area contributed by atoms with Crippen molar-refractivity contribution in [2.45, 2.75) is 18.2 Å². The van der Waals surface area contributed by atoms with Crippen LogP contribution in [0.4, 0.5) is 5.00 Å². The fourth-order valence-electron chi connectivity index (χ4n) is 2.32. The number of aromatic nitrogens is 1. The maximum atomic E-state index is 12.6. The minimum absolute atomic E-state index is 0.105. The highest BCUT2D eigenvalue weighted by atomic mass is 32.2. The number of aryl methyl sites for hydroxylation is 2. The maximum absolute atomic E-state index is 12.6. The predicted molar refractivity (Wildman–Crippen MR) is 103 cm³/mol. The minimum Gasteiger partial charge on any atom is -0.312 e. The molecule has 0 aliphatic carbocycles. The van der Waals surface area contributed by atoms with Crippen LogP contribution < -0.4 is 5.32 Å². The van der Waals surface area contributed by atoms with E-state index in [1.165, 1.54) is 16.9 Å². The van der Waals surface area contributed by atoms with Gasteiger partial charge in [0.05, 0.1) is 0 Å². The monoisotopic (exact) mass is 354 g/mol. The van der Waals surface area contributed by atoms with Crippen LogP contribution in [0.1, 0.15) is 21.5 Å². The number of hydrogen-bond acceptors (Lipinski definition) is 4. The Kier molecular flexibility index (Phi) is 5.02. The SMILES string of the molecule is CSc1nc(-c2ccccc2)c(NC(=O)c2ccc(C)c(C)c2)s1. The Balaban J connectivity index is 1.93. The van der Waals surface area contributed by atoms with Gasteiger partial charge < -0.3 is 5.32 Å². The Morgan fingerprint density at radius 2 is 1.83 bits per heavy atom. The molecule has 0 saturated carbocycles. The number of rotatable bonds is 4. The van der Waals surface area contributed by atoms with Gasteiger partial charge in [0, 0.05) is 11.1 Å². The topological polar surface area (TPSA) is 42.0 Å². The van der Waals surface area contributed by atoms with Crippen molar-refractivity contribution in [1.82, 2.24) is 4.98 Å². The number of carbonyl (C=O) groups is 1. The molecule has 122 valence electrons. The molecule has 0 atom stereocenters. The largest absolute Gasteiger partial charge is 0.312 e. The molecule has 0 aliphatic rings. The lowest BCUT2D eigenvalue weighted by Crippen LogP contribution is -2.12. The first-order chi connectivity index (χ1) is 11.6. The number of amides is 1. The summed E-state index contributed by atoms with van der Waals surface area (Å²) in [6, 6.07) is 15.7. The second kappa shape index (κ2) is 7.20. The van der Waals surface area contributed by atoms with Crippen LogP contribution in [-0.2, 0) is 0 Å². The standard InChI is InChI=1S/C19H18N2OS2/c1-12-9-10-15(11-13(12)2)17(22)21-18-16(20-19(23-3)24-18)14-7-5-4-6-8-14/h4-11H,1-3H3,(H,21,22). The lowest BCUT2D eigenvalue weighted by molar-refractivity contribution is 0.102. The Hall–Kier alpha value is -2.11. The summed E-state index contributed by atoms with van der Waals surface area (Å²) in [6.07, 6.45) is 1.99. The van der Waals surface area contributed by atoms with Crippen molar-refractivity contribution in [2.24, 2.45) is 0 Å². The molecule has 0 spiro atoms. The molecule has 1 N–H and O–H groups in total. The van der Waals surface area contributed by atoms with Gasteiger partial charge in [0.15, 0.2) is 4.34 Å². The van der Waals surface area contributed by atoms with Crippen molar-refractivity contribution in [1.29, 1.82) is 0 Å². The van der Waals surface area contributed by atoms with Crippen molar-refractivity contribution in [3.05, 3.63) is 65.2 Å². The second-order valence-electron chi connectivity index (χ2n) is 5.48. The molecule has 0 fully saturated rings. The summed E-state index contributed by atoms with van der Waals surface area (Å²) in [5.41, 5.74) is 4.78. The van der Waals surface area contributed by atoms with Gasteiger partial charge in [-0.1, -0.05) is 59.5 Å². The van der Waals surface area contributed by atoms with Crippen LogP contribution in [0.2, 0.25) is 0 Å². The predicted octanol–water partition coefficient (Wildman–Crippen LogP) is 5.40. The molecule has 1 amide bonds. The normalized spacial score (nSPS) is 10.6.